The molecule has 4 rings (SSSR count). The molecule has 1 N–H and O–H groups in total. The van der Waals surface area contributed by atoms with Crippen LogP contribution in [0, 0.1) is 11.6 Å². The van der Waals surface area contributed by atoms with E-state index in [2.05, 4.69) is 5.32 Å². The van der Waals surface area contributed by atoms with Crippen molar-refractivity contribution in [2.24, 2.45) is 0 Å². The van der Waals surface area contributed by atoms with Gasteiger partial charge in [-0.1, -0.05) is 30.3 Å². The first kappa shape index (κ1) is 25.5. The minimum atomic E-state index is -1.51. The highest BCUT2D eigenvalue weighted by atomic mass is 19.1. The lowest BCUT2D eigenvalue weighted by Gasteiger charge is -2.25. The molecule has 8 nitrogen and oxygen atoms in total. The monoisotopic (exact) mass is 506 g/mol. The van der Waals surface area contributed by atoms with Crippen LogP contribution in [0.4, 0.5) is 25.8 Å². The third-order valence-electron chi connectivity index (χ3n) is 6.01. The predicted octanol–water partition coefficient (Wildman–Crippen LogP) is 2.66. The molecule has 1 aliphatic rings. The number of carbonyl (C=O) groups is 4. The molecule has 1 heterocycles. The maximum Gasteiger partial charge on any atom is 0.259 e. The summed E-state index contributed by atoms with van der Waals surface area (Å²) >= 11 is 0. The van der Waals surface area contributed by atoms with E-state index >= 15 is 0 Å². The molecule has 0 spiro atoms. The Morgan fingerprint density at radius 1 is 0.838 bits per heavy atom. The van der Waals surface area contributed by atoms with E-state index in [1.54, 1.807) is 54.6 Å². The zero-order valence-corrected chi connectivity index (χ0v) is 20.2. The third kappa shape index (κ3) is 5.48. The number of nitrogens with one attached hydrogen (secondary N) is 1. The molecule has 37 heavy (non-hydrogen) atoms. The fourth-order valence-corrected chi connectivity index (χ4v) is 4.15. The van der Waals surface area contributed by atoms with Crippen LogP contribution in [0.2, 0.25) is 0 Å². The van der Waals surface area contributed by atoms with Crippen molar-refractivity contribution in [3.05, 3.63) is 90.0 Å². The Bertz CT molecular complexity index is 1300. The van der Waals surface area contributed by atoms with Gasteiger partial charge in [-0.05, 0) is 42.0 Å². The number of para-hydroxylation sites is 3. The lowest BCUT2D eigenvalue weighted by molar-refractivity contribution is -0.133. The Labute approximate surface area is 212 Å². The summed E-state index contributed by atoms with van der Waals surface area (Å²) in [6.45, 7) is -0.530. The molecule has 0 aromatic heterocycles. The largest absolute Gasteiger partial charge is 0.335 e. The molecule has 0 saturated carbocycles. The number of hydrogen-bond acceptors (Lipinski definition) is 4. The molecule has 3 aromatic rings. The fourth-order valence-electron chi connectivity index (χ4n) is 4.15. The number of amides is 4. The van der Waals surface area contributed by atoms with Gasteiger partial charge in [0, 0.05) is 25.8 Å². The summed E-state index contributed by atoms with van der Waals surface area (Å²) in [5.74, 6) is -4.29. The van der Waals surface area contributed by atoms with Crippen molar-refractivity contribution in [2.45, 2.75) is 12.5 Å². The molecule has 0 radical (unpaired) electrons. The van der Waals surface area contributed by atoms with Gasteiger partial charge in [0.2, 0.25) is 11.8 Å². The van der Waals surface area contributed by atoms with Crippen molar-refractivity contribution in [1.29, 1.82) is 0 Å². The van der Waals surface area contributed by atoms with E-state index in [0.717, 1.165) is 17.0 Å². The Hall–Kier alpha value is -4.60. The quantitative estimate of drug-likeness (QED) is 0.521. The molecule has 4 amide bonds. The van der Waals surface area contributed by atoms with Gasteiger partial charge in [0.05, 0.1) is 17.8 Å². The molecule has 0 fully saturated rings. The van der Waals surface area contributed by atoms with E-state index < -0.39 is 47.8 Å². The van der Waals surface area contributed by atoms with Crippen LogP contribution < -0.4 is 20.0 Å². The van der Waals surface area contributed by atoms with Crippen LogP contribution >= 0.6 is 0 Å². The van der Waals surface area contributed by atoms with E-state index in [9.17, 15) is 28.0 Å². The smallest absolute Gasteiger partial charge is 0.259 e. The topological polar surface area (TPSA) is 90.0 Å². The van der Waals surface area contributed by atoms with Crippen LogP contribution in [0.15, 0.2) is 72.8 Å². The van der Waals surface area contributed by atoms with Crippen molar-refractivity contribution in [3.63, 3.8) is 0 Å². The van der Waals surface area contributed by atoms with Crippen LogP contribution in [0.1, 0.15) is 5.56 Å². The van der Waals surface area contributed by atoms with E-state index in [4.69, 9.17) is 0 Å². The van der Waals surface area contributed by atoms with E-state index in [-0.39, 0.29) is 12.0 Å². The number of halogens is 2. The number of anilines is 3. The minimum Gasteiger partial charge on any atom is -0.335 e. The van der Waals surface area contributed by atoms with Gasteiger partial charge in [0.15, 0.2) is 6.04 Å². The van der Waals surface area contributed by atoms with Gasteiger partial charge in [-0.3, -0.25) is 19.2 Å². The Kier molecular flexibility index (Phi) is 7.28. The van der Waals surface area contributed by atoms with Crippen molar-refractivity contribution >= 4 is 40.7 Å². The maximum absolute atomic E-state index is 13.6. The molecule has 10 heteroatoms. The molecular weight excluding hydrogens is 482 g/mol. The summed E-state index contributed by atoms with van der Waals surface area (Å²) in [6.07, 6.45) is -0.376. The Balaban J connectivity index is 1.56. The summed E-state index contributed by atoms with van der Waals surface area (Å²) in [6, 6.07) is 16.3. The second kappa shape index (κ2) is 10.6. The summed E-state index contributed by atoms with van der Waals surface area (Å²) in [7, 11) is 3.01. The van der Waals surface area contributed by atoms with Crippen LogP contribution in [0.3, 0.4) is 0 Å². The molecule has 1 aliphatic heterocycles. The highest BCUT2D eigenvalue weighted by Gasteiger charge is 2.38. The maximum atomic E-state index is 13.6. The lowest BCUT2D eigenvalue weighted by atomic mass is 10.1. The summed E-state index contributed by atoms with van der Waals surface area (Å²) in [5, 5.41) is 2.46. The second-order valence-corrected chi connectivity index (χ2v) is 8.55. The highest BCUT2D eigenvalue weighted by molar-refractivity contribution is 6.21. The summed E-state index contributed by atoms with van der Waals surface area (Å²) in [4.78, 5) is 56.2. The standard InChI is InChI=1S/C27H24F2N4O4/c1-31-21-10-6-7-11-22(21)32(2)27(37)25(26(31)36)30-23(34)16-33(20-8-4-3-5-9-20)24(35)14-17-12-18(28)15-19(29)13-17/h3-13,15,25H,14,16H2,1-2H3,(H,30,34). The molecule has 0 atom stereocenters. The lowest BCUT2D eigenvalue weighted by Crippen LogP contribution is -2.56. The van der Waals surface area contributed by atoms with Gasteiger partial charge in [-0.25, -0.2) is 8.78 Å². The summed E-state index contributed by atoms with van der Waals surface area (Å²) < 4.78 is 27.3. The van der Waals surface area contributed by atoms with Crippen LogP contribution in [-0.2, 0) is 25.6 Å². The van der Waals surface area contributed by atoms with Crippen molar-refractivity contribution in [1.82, 2.24) is 5.32 Å². The third-order valence-corrected chi connectivity index (χ3v) is 6.01. The van der Waals surface area contributed by atoms with E-state index in [0.29, 0.717) is 23.1 Å². The first-order valence-corrected chi connectivity index (χ1v) is 11.4. The van der Waals surface area contributed by atoms with Gasteiger partial charge in [0.25, 0.3) is 11.8 Å². The predicted molar refractivity (Wildman–Crippen MR) is 134 cm³/mol. The number of fused-ring (bicyclic) bond motifs is 1. The normalized spacial score (nSPS) is 13.7. The highest BCUT2D eigenvalue weighted by Crippen LogP contribution is 2.31. The molecular formula is C27H24F2N4O4. The fraction of sp³-hybridized carbons (Fsp3) is 0.185. The first-order valence-electron chi connectivity index (χ1n) is 11.4. The molecule has 0 unspecified atom stereocenters. The van der Waals surface area contributed by atoms with Crippen molar-refractivity contribution in [3.8, 4) is 0 Å². The van der Waals surface area contributed by atoms with Gasteiger partial charge >= 0.3 is 0 Å². The number of benzene rings is 3. The van der Waals surface area contributed by atoms with Crippen LogP contribution in [-0.4, -0.2) is 50.3 Å². The van der Waals surface area contributed by atoms with Crippen LogP contribution in [0.25, 0.3) is 0 Å². The molecule has 0 saturated heterocycles. The molecule has 0 bridgehead atoms. The Morgan fingerprint density at radius 2 is 1.35 bits per heavy atom. The molecule has 190 valence electrons. The van der Waals surface area contributed by atoms with Crippen molar-refractivity contribution < 1.29 is 28.0 Å². The number of nitrogens with zero attached hydrogens (tertiary/aromatic N) is 3. The average Bonchev–Trinajstić information content (AvgIpc) is 2.93. The minimum absolute atomic E-state index is 0.0963. The average molecular weight is 507 g/mol. The molecule has 0 aliphatic carbocycles. The van der Waals surface area contributed by atoms with Gasteiger partial charge in [-0.2, -0.15) is 0 Å². The number of rotatable bonds is 6. The van der Waals surface area contributed by atoms with E-state index in [1.807, 2.05) is 0 Å². The summed E-state index contributed by atoms with van der Waals surface area (Å²) in [5.41, 5.74) is 1.46. The first-order chi connectivity index (χ1) is 17.7. The number of likely N-dealkylation sites (N-methyl/N-ethyl adjacent to an activating group) is 2. The number of carbonyl (C=O) groups excluding carboxylic acids is 4. The van der Waals surface area contributed by atoms with Gasteiger partial charge in [0.1, 0.15) is 18.2 Å². The van der Waals surface area contributed by atoms with Gasteiger partial charge < -0.3 is 20.0 Å². The van der Waals surface area contributed by atoms with E-state index in [1.165, 1.54) is 23.9 Å². The number of hydrogen-bond donors (Lipinski definition) is 1. The van der Waals surface area contributed by atoms with Gasteiger partial charge in [-0.15, -0.1) is 0 Å². The second-order valence-electron chi connectivity index (χ2n) is 8.55. The van der Waals surface area contributed by atoms with Crippen LogP contribution in [0.5, 0.6) is 0 Å². The SMILES string of the molecule is CN1C(=O)C(NC(=O)CN(C(=O)Cc2cc(F)cc(F)c2)c2ccccc2)C(=O)N(C)c2ccccc21. The Morgan fingerprint density at radius 3 is 1.89 bits per heavy atom. The van der Waals surface area contributed by atoms with Crippen molar-refractivity contribution in [2.75, 3.05) is 35.3 Å². The zero-order chi connectivity index (χ0) is 26.7. The molecule has 3 aromatic carbocycles. The zero-order valence-electron chi connectivity index (χ0n) is 20.2.